The zero-order chi connectivity index (χ0) is 16.4. The van der Waals surface area contributed by atoms with Crippen molar-refractivity contribution >= 4 is 21.8 Å². The highest BCUT2D eigenvalue weighted by atomic mass is 79.9. The number of hydrogen-bond donors (Lipinski definition) is 1. The van der Waals surface area contributed by atoms with Crippen LogP contribution in [-0.4, -0.2) is 35.5 Å². The van der Waals surface area contributed by atoms with Gasteiger partial charge in [0.1, 0.15) is 0 Å². The molecule has 2 saturated heterocycles. The van der Waals surface area contributed by atoms with Gasteiger partial charge in [-0.1, -0.05) is 32.4 Å². The summed E-state index contributed by atoms with van der Waals surface area (Å²) in [5.41, 5.74) is 0.738. The van der Waals surface area contributed by atoms with Crippen LogP contribution in [0.1, 0.15) is 56.3 Å². The van der Waals surface area contributed by atoms with Gasteiger partial charge in [-0.15, -0.1) is 0 Å². The summed E-state index contributed by atoms with van der Waals surface area (Å²) in [5, 5.41) is 3.28. The van der Waals surface area contributed by atoms with Crippen molar-refractivity contribution in [2.75, 3.05) is 6.54 Å². The maximum Gasteiger partial charge on any atom is 0.252 e. The molecule has 2 unspecified atom stereocenters. The number of carbonyl (C=O) groups is 1. The highest BCUT2D eigenvalue weighted by molar-refractivity contribution is 9.10. The molecule has 0 radical (unpaired) electrons. The molecule has 1 aromatic rings. The largest absolute Gasteiger partial charge is 0.349 e. The van der Waals surface area contributed by atoms with Crippen molar-refractivity contribution in [3.05, 3.63) is 34.3 Å². The molecule has 2 fully saturated rings. The van der Waals surface area contributed by atoms with Crippen molar-refractivity contribution in [1.29, 1.82) is 0 Å². The lowest BCUT2D eigenvalue weighted by Gasteiger charge is -2.49. The molecule has 2 heterocycles. The van der Waals surface area contributed by atoms with Crippen LogP contribution in [0.5, 0.6) is 0 Å². The second-order valence-electron chi connectivity index (χ2n) is 7.45. The fraction of sp³-hybridized carbons (Fsp3) is 0.632. The molecule has 3 rings (SSSR count). The Bertz CT molecular complexity index is 546. The summed E-state index contributed by atoms with van der Waals surface area (Å²) in [4.78, 5) is 15.3. The van der Waals surface area contributed by atoms with E-state index in [1.807, 2.05) is 24.3 Å². The number of rotatable bonds is 4. The Hall–Kier alpha value is -0.870. The van der Waals surface area contributed by atoms with Gasteiger partial charge >= 0.3 is 0 Å². The van der Waals surface area contributed by atoms with E-state index in [4.69, 9.17) is 0 Å². The molecule has 0 aliphatic carbocycles. The fourth-order valence-electron chi connectivity index (χ4n) is 4.22. The van der Waals surface area contributed by atoms with Gasteiger partial charge in [0.15, 0.2) is 0 Å². The van der Waals surface area contributed by atoms with E-state index in [1.165, 1.54) is 25.8 Å². The standard InChI is InChI=1S/C19H27BrN2O/c1-13(2)12-22-15-6-5-7-16(22)11-14(10-15)21-19(23)17-8-3-4-9-18(17)20/h3-4,8-9,13-16H,5-7,10-12H2,1-2H3,(H,21,23). The lowest BCUT2D eigenvalue weighted by Crippen LogP contribution is -2.57. The molecule has 0 saturated carbocycles. The first-order valence-corrected chi connectivity index (χ1v) is 9.65. The molecule has 126 valence electrons. The zero-order valence-electron chi connectivity index (χ0n) is 14.1. The Morgan fingerprint density at radius 2 is 1.91 bits per heavy atom. The Balaban J connectivity index is 1.65. The number of benzene rings is 1. The van der Waals surface area contributed by atoms with E-state index >= 15 is 0 Å². The molecular weight excluding hydrogens is 352 g/mol. The molecule has 1 N–H and O–H groups in total. The van der Waals surface area contributed by atoms with Gasteiger partial charge in [-0.2, -0.15) is 0 Å². The molecule has 0 spiro atoms. The second-order valence-corrected chi connectivity index (χ2v) is 8.31. The molecular formula is C19H27BrN2O. The van der Waals surface area contributed by atoms with Crippen molar-refractivity contribution in [3.8, 4) is 0 Å². The molecule has 2 aliphatic heterocycles. The van der Waals surface area contributed by atoms with Gasteiger partial charge in [-0.3, -0.25) is 9.69 Å². The zero-order valence-corrected chi connectivity index (χ0v) is 15.7. The van der Waals surface area contributed by atoms with Crippen LogP contribution in [0.25, 0.3) is 0 Å². The predicted octanol–water partition coefficient (Wildman–Crippen LogP) is 4.22. The van der Waals surface area contributed by atoms with Gasteiger partial charge in [0.2, 0.25) is 0 Å². The fourth-order valence-corrected chi connectivity index (χ4v) is 4.69. The van der Waals surface area contributed by atoms with E-state index < -0.39 is 0 Å². The van der Waals surface area contributed by atoms with E-state index in [0.717, 1.165) is 22.9 Å². The topological polar surface area (TPSA) is 32.3 Å². The van der Waals surface area contributed by atoms with E-state index in [1.54, 1.807) is 0 Å². The SMILES string of the molecule is CC(C)CN1C2CCCC1CC(NC(=O)c1ccccc1Br)C2. The minimum atomic E-state index is 0.0536. The first kappa shape index (κ1) is 17.0. The Morgan fingerprint density at radius 1 is 1.26 bits per heavy atom. The number of halogens is 1. The lowest BCUT2D eigenvalue weighted by molar-refractivity contribution is 0.0158. The van der Waals surface area contributed by atoms with Gasteiger partial charge < -0.3 is 5.32 Å². The quantitative estimate of drug-likeness (QED) is 0.850. The Labute approximate surface area is 148 Å². The molecule has 2 atom stereocenters. The van der Waals surface area contributed by atoms with Crippen LogP contribution in [0, 0.1) is 5.92 Å². The van der Waals surface area contributed by atoms with Gasteiger partial charge in [-0.05, 0) is 59.7 Å². The molecule has 1 amide bonds. The number of fused-ring (bicyclic) bond motifs is 2. The summed E-state index contributed by atoms with van der Waals surface area (Å²) in [6, 6.07) is 9.27. The second kappa shape index (κ2) is 7.35. The molecule has 1 aromatic carbocycles. The highest BCUT2D eigenvalue weighted by Gasteiger charge is 2.38. The summed E-state index contributed by atoms with van der Waals surface area (Å²) in [6.07, 6.45) is 6.10. The van der Waals surface area contributed by atoms with Gasteiger partial charge in [-0.25, -0.2) is 0 Å². The smallest absolute Gasteiger partial charge is 0.252 e. The minimum Gasteiger partial charge on any atom is -0.349 e. The van der Waals surface area contributed by atoms with Crippen LogP contribution < -0.4 is 5.32 Å². The third kappa shape index (κ3) is 3.97. The van der Waals surface area contributed by atoms with Gasteiger partial charge in [0.25, 0.3) is 5.91 Å². The van der Waals surface area contributed by atoms with Crippen LogP contribution in [0.4, 0.5) is 0 Å². The number of nitrogens with zero attached hydrogens (tertiary/aromatic N) is 1. The normalized spacial score (nSPS) is 27.9. The maximum atomic E-state index is 12.6. The summed E-state index contributed by atoms with van der Waals surface area (Å²) < 4.78 is 0.870. The van der Waals surface area contributed by atoms with E-state index in [9.17, 15) is 4.79 Å². The van der Waals surface area contributed by atoms with E-state index in [0.29, 0.717) is 24.0 Å². The summed E-state index contributed by atoms with van der Waals surface area (Å²) in [7, 11) is 0. The van der Waals surface area contributed by atoms with E-state index in [-0.39, 0.29) is 5.91 Å². The number of carbonyl (C=O) groups excluding carboxylic acids is 1. The predicted molar refractivity (Wildman–Crippen MR) is 97.6 cm³/mol. The number of nitrogens with one attached hydrogen (secondary N) is 1. The third-order valence-corrected chi connectivity index (χ3v) is 5.85. The Morgan fingerprint density at radius 3 is 2.52 bits per heavy atom. The molecule has 4 heteroatoms. The molecule has 0 aromatic heterocycles. The maximum absolute atomic E-state index is 12.6. The summed E-state index contributed by atoms with van der Waals surface area (Å²) >= 11 is 3.48. The minimum absolute atomic E-state index is 0.0536. The first-order valence-electron chi connectivity index (χ1n) is 8.85. The van der Waals surface area contributed by atoms with Crippen LogP contribution >= 0.6 is 15.9 Å². The molecule has 2 aliphatic rings. The summed E-state index contributed by atoms with van der Waals surface area (Å²) in [5.74, 6) is 0.766. The van der Waals surface area contributed by atoms with Crippen LogP contribution in [-0.2, 0) is 0 Å². The number of piperidine rings is 2. The Kier molecular flexibility index (Phi) is 5.42. The van der Waals surface area contributed by atoms with Crippen molar-refractivity contribution in [3.63, 3.8) is 0 Å². The van der Waals surface area contributed by atoms with Crippen LogP contribution in [0.15, 0.2) is 28.7 Å². The monoisotopic (exact) mass is 378 g/mol. The average molecular weight is 379 g/mol. The lowest BCUT2D eigenvalue weighted by atomic mass is 9.81. The van der Waals surface area contributed by atoms with Crippen LogP contribution in [0.2, 0.25) is 0 Å². The third-order valence-electron chi connectivity index (χ3n) is 5.16. The van der Waals surface area contributed by atoms with Crippen molar-refractivity contribution < 1.29 is 4.79 Å². The van der Waals surface area contributed by atoms with E-state index in [2.05, 4.69) is 40.0 Å². The molecule has 2 bridgehead atoms. The summed E-state index contributed by atoms with van der Waals surface area (Å²) in [6.45, 7) is 5.80. The van der Waals surface area contributed by atoms with Gasteiger partial charge in [0.05, 0.1) is 5.56 Å². The highest BCUT2D eigenvalue weighted by Crippen LogP contribution is 2.34. The van der Waals surface area contributed by atoms with Crippen molar-refractivity contribution in [2.24, 2.45) is 5.92 Å². The van der Waals surface area contributed by atoms with Crippen LogP contribution in [0.3, 0.4) is 0 Å². The number of hydrogen-bond acceptors (Lipinski definition) is 2. The first-order chi connectivity index (χ1) is 11.0. The average Bonchev–Trinajstić information content (AvgIpc) is 2.47. The van der Waals surface area contributed by atoms with Crippen molar-refractivity contribution in [1.82, 2.24) is 10.2 Å². The molecule has 3 nitrogen and oxygen atoms in total. The van der Waals surface area contributed by atoms with Crippen molar-refractivity contribution in [2.45, 2.75) is 64.1 Å². The number of amides is 1. The molecule has 23 heavy (non-hydrogen) atoms. The van der Waals surface area contributed by atoms with Gasteiger partial charge in [0, 0.05) is 29.1 Å².